The van der Waals surface area contributed by atoms with Gasteiger partial charge in [-0.25, -0.2) is 4.79 Å². The first-order valence-corrected chi connectivity index (χ1v) is 3.15. The van der Waals surface area contributed by atoms with Crippen LogP contribution < -0.4 is 11.5 Å². The van der Waals surface area contributed by atoms with Gasteiger partial charge in [0.25, 0.3) is 0 Å². The molecule has 76 valence electrons. The van der Waals surface area contributed by atoms with Crippen LogP contribution in [0.3, 0.4) is 0 Å². The zero-order valence-electron chi connectivity index (χ0n) is 7.11. The molecule has 0 rings (SSSR count). The minimum Gasteiger partial charge on any atom is -0.481 e. The lowest BCUT2D eigenvalue weighted by molar-refractivity contribution is -0.147. The van der Waals surface area contributed by atoms with Crippen molar-refractivity contribution in [1.82, 2.24) is 11.5 Å². The van der Waals surface area contributed by atoms with Gasteiger partial charge in [-0.3, -0.25) is 9.59 Å². The van der Waals surface area contributed by atoms with Crippen LogP contribution in [0.2, 0.25) is 0 Å². The summed E-state index contributed by atoms with van der Waals surface area (Å²) in [5.74, 6) is -3.19. The van der Waals surface area contributed by atoms with E-state index >= 15 is 0 Å². The fourth-order valence-corrected chi connectivity index (χ4v) is 0.620. The summed E-state index contributed by atoms with van der Waals surface area (Å²) >= 11 is 0. The van der Waals surface area contributed by atoms with Crippen LogP contribution in [0, 0.1) is 0 Å². The zero-order valence-corrected chi connectivity index (χ0v) is 7.11. The van der Waals surface area contributed by atoms with E-state index in [0.29, 0.717) is 0 Å². The number of carbonyl (C=O) groups excluding carboxylic acids is 1. The molecule has 0 aliphatic rings. The first kappa shape index (κ1) is 13.9. The summed E-state index contributed by atoms with van der Waals surface area (Å²) in [6, 6.07) is -1.35. The first-order valence-electron chi connectivity index (χ1n) is 3.15. The number of carbonyl (C=O) groups is 3. The Bertz CT molecular complexity index is 199. The third-order valence-electron chi connectivity index (χ3n) is 1.05. The van der Waals surface area contributed by atoms with Crippen LogP contribution >= 0.6 is 0 Å². The van der Waals surface area contributed by atoms with Gasteiger partial charge in [0.05, 0.1) is 6.42 Å². The van der Waals surface area contributed by atoms with E-state index < -0.39 is 30.3 Å². The van der Waals surface area contributed by atoms with Gasteiger partial charge in [0.2, 0.25) is 5.91 Å². The Kier molecular flexibility index (Phi) is 6.37. The fraction of sp³-hybridized carbons (Fsp3) is 0.500. The second-order valence-electron chi connectivity index (χ2n) is 2.19. The lowest BCUT2D eigenvalue weighted by Gasteiger charge is -2.09. The van der Waals surface area contributed by atoms with Crippen LogP contribution in [-0.2, 0) is 14.4 Å². The van der Waals surface area contributed by atoms with E-state index in [1.54, 1.807) is 0 Å². The highest BCUT2D eigenvalue weighted by Gasteiger charge is 2.21. The van der Waals surface area contributed by atoms with Crippen LogP contribution in [0.1, 0.15) is 13.3 Å². The number of amides is 1. The molecule has 0 fully saturated rings. The minimum absolute atomic E-state index is 0. The molecule has 0 aliphatic carbocycles. The quantitative estimate of drug-likeness (QED) is 0.460. The predicted octanol–water partition coefficient (Wildman–Crippen LogP) is -0.788. The van der Waals surface area contributed by atoms with Gasteiger partial charge in [0.15, 0.2) is 0 Å². The maximum absolute atomic E-state index is 10.4. The van der Waals surface area contributed by atoms with Crippen LogP contribution in [0.15, 0.2) is 0 Å². The van der Waals surface area contributed by atoms with Crippen molar-refractivity contribution >= 4 is 17.8 Å². The summed E-state index contributed by atoms with van der Waals surface area (Å²) in [5.41, 5.74) is 0. The average Bonchev–Trinajstić information content (AvgIpc) is 1.83. The monoisotopic (exact) mass is 192 g/mol. The Hall–Kier alpha value is -1.63. The number of nitrogens with one attached hydrogen (secondary N) is 1. The number of carboxylic acids is 2. The van der Waals surface area contributed by atoms with Crippen molar-refractivity contribution < 1.29 is 24.6 Å². The van der Waals surface area contributed by atoms with E-state index in [0.717, 1.165) is 6.92 Å². The topological polar surface area (TPSA) is 139 Å². The third kappa shape index (κ3) is 6.76. The van der Waals surface area contributed by atoms with Gasteiger partial charge in [-0.2, -0.15) is 0 Å². The van der Waals surface area contributed by atoms with Gasteiger partial charge >= 0.3 is 11.9 Å². The Morgan fingerprint density at radius 1 is 1.31 bits per heavy atom. The molecule has 0 saturated carbocycles. The molecule has 6 N–H and O–H groups in total. The summed E-state index contributed by atoms with van der Waals surface area (Å²) < 4.78 is 0. The minimum atomic E-state index is -1.35. The molecule has 0 bridgehead atoms. The molecular formula is C6H12N2O5. The number of rotatable bonds is 4. The molecule has 7 heteroatoms. The molecule has 0 saturated heterocycles. The Morgan fingerprint density at radius 2 is 1.77 bits per heavy atom. The second kappa shape index (κ2) is 5.95. The molecule has 7 nitrogen and oxygen atoms in total. The fourth-order valence-electron chi connectivity index (χ4n) is 0.620. The molecule has 0 aromatic heterocycles. The predicted molar refractivity (Wildman–Crippen MR) is 42.5 cm³/mol. The highest BCUT2D eigenvalue weighted by atomic mass is 16.4. The Balaban J connectivity index is 0. The summed E-state index contributed by atoms with van der Waals surface area (Å²) in [6.45, 7) is 1.12. The zero-order chi connectivity index (χ0) is 9.72. The molecule has 0 spiro atoms. The summed E-state index contributed by atoms with van der Waals surface area (Å²) in [4.78, 5) is 30.7. The van der Waals surface area contributed by atoms with E-state index in [2.05, 4.69) is 0 Å². The van der Waals surface area contributed by atoms with Crippen LogP contribution in [0.4, 0.5) is 0 Å². The first-order chi connectivity index (χ1) is 5.43. The maximum atomic E-state index is 10.4. The van der Waals surface area contributed by atoms with Crippen LogP contribution in [0.5, 0.6) is 0 Å². The molecule has 1 unspecified atom stereocenters. The van der Waals surface area contributed by atoms with Gasteiger partial charge in [-0.05, 0) is 0 Å². The molecule has 0 aromatic rings. The molecule has 13 heavy (non-hydrogen) atoms. The van der Waals surface area contributed by atoms with Crippen LogP contribution in [0.25, 0.3) is 0 Å². The van der Waals surface area contributed by atoms with Gasteiger partial charge in [0, 0.05) is 6.92 Å². The van der Waals surface area contributed by atoms with Crippen molar-refractivity contribution in [3.63, 3.8) is 0 Å². The van der Waals surface area contributed by atoms with Crippen molar-refractivity contribution in [2.24, 2.45) is 0 Å². The second-order valence-corrected chi connectivity index (χ2v) is 2.19. The Labute approximate surface area is 74.3 Å². The summed E-state index contributed by atoms with van der Waals surface area (Å²) in [6.07, 6.45) is -0.616. The van der Waals surface area contributed by atoms with E-state index in [1.165, 1.54) is 0 Å². The number of aliphatic carboxylic acids is 2. The number of hydrogen-bond acceptors (Lipinski definition) is 4. The van der Waals surface area contributed by atoms with Gasteiger partial charge in [-0.15, -0.1) is 0 Å². The lowest BCUT2D eigenvalue weighted by atomic mass is 10.2. The molecule has 0 aromatic carbocycles. The molecule has 1 atom stereocenters. The Morgan fingerprint density at radius 3 is 2.00 bits per heavy atom. The van der Waals surface area contributed by atoms with E-state index in [4.69, 9.17) is 10.2 Å². The van der Waals surface area contributed by atoms with E-state index in [1.807, 2.05) is 5.32 Å². The molecule has 1 amide bonds. The largest absolute Gasteiger partial charge is 0.481 e. The van der Waals surface area contributed by atoms with E-state index in [-0.39, 0.29) is 6.15 Å². The maximum Gasteiger partial charge on any atom is 0.326 e. The van der Waals surface area contributed by atoms with Gasteiger partial charge in [-0.1, -0.05) is 0 Å². The smallest absolute Gasteiger partial charge is 0.326 e. The number of hydrogen-bond donors (Lipinski definition) is 4. The number of carboxylic acid groups (broad SMARTS) is 2. The van der Waals surface area contributed by atoms with Gasteiger partial charge < -0.3 is 21.7 Å². The van der Waals surface area contributed by atoms with Crippen molar-refractivity contribution in [2.45, 2.75) is 19.4 Å². The molecule has 0 radical (unpaired) electrons. The average molecular weight is 192 g/mol. The van der Waals surface area contributed by atoms with Crippen molar-refractivity contribution in [3.8, 4) is 0 Å². The normalized spacial score (nSPS) is 10.8. The van der Waals surface area contributed by atoms with Crippen molar-refractivity contribution in [1.29, 1.82) is 0 Å². The standard InChI is InChI=1S/C6H9NO5.H3N/c1-3(8)7-4(6(11)12)2-5(9)10;/h4H,2H2,1H3,(H,7,8)(H,9,10)(H,11,12);1H3. The van der Waals surface area contributed by atoms with Crippen molar-refractivity contribution in [3.05, 3.63) is 0 Å². The highest BCUT2D eigenvalue weighted by Crippen LogP contribution is 1.91. The summed E-state index contributed by atoms with van der Waals surface area (Å²) in [7, 11) is 0. The third-order valence-corrected chi connectivity index (χ3v) is 1.05. The molecule has 0 heterocycles. The SMILES string of the molecule is CC(=O)NC(CC(=O)O)C(=O)O.N. The molecule has 0 aliphatic heterocycles. The highest BCUT2D eigenvalue weighted by molar-refractivity contribution is 5.85. The lowest BCUT2D eigenvalue weighted by Crippen LogP contribution is -2.41. The van der Waals surface area contributed by atoms with Gasteiger partial charge in [0.1, 0.15) is 6.04 Å². The van der Waals surface area contributed by atoms with Crippen LogP contribution in [-0.4, -0.2) is 34.1 Å². The molecular weight excluding hydrogens is 180 g/mol. The summed E-state index contributed by atoms with van der Waals surface area (Å²) in [5, 5.41) is 18.6. The van der Waals surface area contributed by atoms with Crippen molar-refractivity contribution in [2.75, 3.05) is 0 Å². The van der Waals surface area contributed by atoms with E-state index in [9.17, 15) is 14.4 Å².